The van der Waals surface area contributed by atoms with E-state index in [2.05, 4.69) is 49.8 Å². The predicted molar refractivity (Wildman–Crippen MR) is 105 cm³/mol. The Hall–Kier alpha value is -2.32. The Morgan fingerprint density at radius 3 is 2.74 bits per heavy atom. The summed E-state index contributed by atoms with van der Waals surface area (Å²) in [5.41, 5.74) is 1.27. The topological polar surface area (TPSA) is 75.4 Å². The summed E-state index contributed by atoms with van der Waals surface area (Å²) in [6.07, 6.45) is 3.53. The van der Waals surface area contributed by atoms with E-state index < -0.39 is 0 Å². The Bertz CT molecular complexity index is 899. The van der Waals surface area contributed by atoms with E-state index in [-0.39, 0.29) is 11.9 Å². The first-order chi connectivity index (χ1) is 13.2. The second kappa shape index (κ2) is 8.14. The first-order valence-electron chi connectivity index (χ1n) is 9.44. The minimum atomic E-state index is 0.0674. The number of hydrogen-bond acceptors (Lipinski definition) is 6. The molecule has 0 bridgehead atoms. The summed E-state index contributed by atoms with van der Waals surface area (Å²) >= 11 is 1.49. The van der Waals surface area contributed by atoms with Crippen LogP contribution in [0.4, 0.5) is 0 Å². The maximum atomic E-state index is 12.4. The van der Waals surface area contributed by atoms with Crippen LogP contribution < -0.4 is 5.32 Å². The van der Waals surface area contributed by atoms with E-state index in [4.69, 9.17) is 0 Å². The zero-order valence-corrected chi connectivity index (χ0v) is 16.3. The lowest BCUT2D eigenvalue weighted by Gasteiger charge is -2.28. The van der Waals surface area contributed by atoms with E-state index >= 15 is 0 Å². The zero-order chi connectivity index (χ0) is 18.6. The van der Waals surface area contributed by atoms with E-state index in [1.54, 1.807) is 4.52 Å². The molecule has 0 radical (unpaired) electrons. The van der Waals surface area contributed by atoms with Crippen LogP contribution in [0, 0.1) is 6.92 Å². The molecule has 1 atom stereocenters. The second-order valence-corrected chi connectivity index (χ2v) is 7.95. The van der Waals surface area contributed by atoms with Gasteiger partial charge in [-0.15, -0.1) is 10.2 Å². The van der Waals surface area contributed by atoms with Gasteiger partial charge in [0.05, 0.1) is 6.04 Å². The van der Waals surface area contributed by atoms with Gasteiger partial charge >= 0.3 is 0 Å². The molecule has 0 aliphatic carbocycles. The minimum Gasteiger partial charge on any atom is -0.354 e. The number of benzene rings is 1. The lowest BCUT2D eigenvalue weighted by atomic mass is 10.1. The fraction of sp³-hybridized carbons (Fsp3) is 0.474. The monoisotopic (exact) mass is 384 g/mol. The van der Waals surface area contributed by atoms with Crippen molar-refractivity contribution in [1.29, 1.82) is 0 Å². The van der Waals surface area contributed by atoms with Crippen LogP contribution in [0.2, 0.25) is 0 Å². The highest BCUT2D eigenvalue weighted by molar-refractivity contribution is 7.16. The molecule has 1 aromatic carbocycles. The first kappa shape index (κ1) is 18.1. The number of amides is 1. The van der Waals surface area contributed by atoms with Crippen LogP contribution in [0.1, 0.15) is 41.7 Å². The maximum Gasteiger partial charge on any atom is 0.234 e. The van der Waals surface area contributed by atoms with Gasteiger partial charge in [-0.25, -0.2) is 0 Å². The molecule has 1 amide bonds. The van der Waals surface area contributed by atoms with Gasteiger partial charge < -0.3 is 5.32 Å². The van der Waals surface area contributed by atoms with Crippen LogP contribution in [0.3, 0.4) is 0 Å². The molecule has 2 aromatic heterocycles. The largest absolute Gasteiger partial charge is 0.354 e. The van der Waals surface area contributed by atoms with Gasteiger partial charge in [0, 0.05) is 19.4 Å². The smallest absolute Gasteiger partial charge is 0.234 e. The number of aryl methyl sites for hydroxylation is 2. The third kappa shape index (κ3) is 4.17. The van der Waals surface area contributed by atoms with E-state index in [0.29, 0.717) is 19.4 Å². The van der Waals surface area contributed by atoms with Crippen molar-refractivity contribution in [2.24, 2.45) is 0 Å². The molecule has 1 aliphatic rings. The number of carbonyl (C=O) groups is 1. The molecule has 1 unspecified atom stereocenters. The minimum absolute atomic E-state index is 0.0674. The molecular formula is C19H24N6OS. The number of nitrogens with one attached hydrogen (secondary N) is 1. The van der Waals surface area contributed by atoms with Gasteiger partial charge in [-0.3, -0.25) is 9.69 Å². The molecule has 27 heavy (non-hydrogen) atoms. The number of nitrogens with zero attached hydrogens (tertiary/aromatic N) is 5. The summed E-state index contributed by atoms with van der Waals surface area (Å²) in [6, 6.07) is 10.7. The highest BCUT2D eigenvalue weighted by Crippen LogP contribution is 2.24. The standard InChI is InChI=1S/C19H24N6OS/c1-14-21-22-19-25(14)23-18(27-19)10-9-17(26)20-13-16(24-11-5-6-12-24)15-7-3-2-4-8-15/h2-4,7-8,16H,5-6,9-13H2,1H3,(H,20,26). The van der Waals surface area contributed by atoms with Gasteiger partial charge in [0.25, 0.3) is 0 Å². The summed E-state index contributed by atoms with van der Waals surface area (Å²) in [5, 5.41) is 16.6. The number of carbonyl (C=O) groups excluding carboxylic acids is 1. The Morgan fingerprint density at radius 2 is 2.00 bits per heavy atom. The normalized spacial score (nSPS) is 16.0. The average Bonchev–Trinajstić information content (AvgIpc) is 3.41. The fourth-order valence-electron chi connectivity index (χ4n) is 3.56. The quantitative estimate of drug-likeness (QED) is 0.677. The van der Waals surface area contributed by atoms with Crippen molar-refractivity contribution in [2.45, 2.75) is 38.6 Å². The highest BCUT2D eigenvalue weighted by atomic mass is 32.1. The van der Waals surface area contributed by atoms with Crippen LogP contribution >= 0.6 is 11.3 Å². The number of likely N-dealkylation sites (tertiary alicyclic amines) is 1. The Kier molecular flexibility index (Phi) is 5.45. The van der Waals surface area contributed by atoms with E-state index in [1.165, 1.54) is 29.7 Å². The molecule has 0 saturated carbocycles. The average molecular weight is 385 g/mol. The number of aromatic nitrogens is 4. The third-order valence-electron chi connectivity index (χ3n) is 5.01. The highest BCUT2D eigenvalue weighted by Gasteiger charge is 2.23. The Morgan fingerprint density at radius 1 is 1.22 bits per heavy atom. The van der Waals surface area contributed by atoms with Gasteiger partial charge in [-0.2, -0.15) is 9.61 Å². The van der Waals surface area contributed by atoms with Crippen molar-refractivity contribution < 1.29 is 4.79 Å². The van der Waals surface area contributed by atoms with Crippen LogP contribution in [-0.2, 0) is 11.2 Å². The van der Waals surface area contributed by atoms with Gasteiger partial charge in [-0.1, -0.05) is 41.7 Å². The van der Waals surface area contributed by atoms with Crippen molar-refractivity contribution in [1.82, 2.24) is 30.0 Å². The SMILES string of the molecule is Cc1nnc2sc(CCC(=O)NCC(c3ccccc3)N3CCCC3)nn12. The maximum absolute atomic E-state index is 12.4. The summed E-state index contributed by atoms with van der Waals surface area (Å²) in [6.45, 7) is 4.72. The molecule has 3 aromatic rings. The summed E-state index contributed by atoms with van der Waals surface area (Å²) in [5.74, 6) is 0.839. The molecule has 1 N–H and O–H groups in total. The van der Waals surface area contributed by atoms with Crippen molar-refractivity contribution in [3.05, 3.63) is 46.7 Å². The van der Waals surface area contributed by atoms with Crippen LogP contribution in [0.15, 0.2) is 30.3 Å². The number of hydrogen-bond donors (Lipinski definition) is 1. The van der Waals surface area contributed by atoms with Crippen LogP contribution in [0.25, 0.3) is 4.96 Å². The third-order valence-corrected chi connectivity index (χ3v) is 5.97. The summed E-state index contributed by atoms with van der Waals surface area (Å²) in [4.78, 5) is 15.7. The van der Waals surface area contributed by atoms with Crippen molar-refractivity contribution >= 4 is 22.2 Å². The van der Waals surface area contributed by atoms with Crippen LogP contribution in [-0.4, -0.2) is 50.3 Å². The van der Waals surface area contributed by atoms with Crippen molar-refractivity contribution in [2.75, 3.05) is 19.6 Å². The lowest BCUT2D eigenvalue weighted by molar-refractivity contribution is -0.121. The molecule has 142 valence electrons. The van der Waals surface area contributed by atoms with E-state index in [1.807, 2.05) is 13.0 Å². The van der Waals surface area contributed by atoms with Crippen molar-refractivity contribution in [3.8, 4) is 0 Å². The molecule has 7 nitrogen and oxygen atoms in total. The van der Waals surface area contributed by atoms with Gasteiger partial charge in [0.2, 0.25) is 10.9 Å². The molecular weight excluding hydrogens is 360 g/mol. The molecule has 1 saturated heterocycles. The molecule has 8 heteroatoms. The predicted octanol–water partition coefficient (Wildman–Crippen LogP) is 2.38. The summed E-state index contributed by atoms with van der Waals surface area (Å²) < 4.78 is 1.73. The molecule has 3 heterocycles. The van der Waals surface area contributed by atoms with Gasteiger partial charge in [0.1, 0.15) is 5.01 Å². The molecule has 0 spiro atoms. The second-order valence-electron chi connectivity index (χ2n) is 6.91. The van der Waals surface area contributed by atoms with Gasteiger partial charge in [0.15, 0.2) is 5.82 Å². The van der Waals surface area contributed by atoms with E-state index in [0.717, 1.165) is 28.9 Å². The number of fused-ring (bicyclic) bond motifs is 1. The van der Waals surface area contributed by atoms with Crippen molar-refractivity contribution in [3.63, 3.8) is 0 Å². The molecule has 4 rings (SSSR count). The van der Waals surface area contributed by atoms with E-state index in [9.17, 15) is 4.79 Å². The Labute approximate surface area is 162 Å². The molecule has 1 aliphatic heterocycles. The lowest BCUT2D eigenvalue weighted by Crippen LogP contribution is -2.36. The first-order valence-corrected chi connectivity index (χ1v) is 10.3. The zero-order valence-electron chi connectivity index (χ0n) is 15.5. The molecule has 1 fully saturated rings. The Balaban J connectivity index is 1.33. The van der Waals surface area contributed by atoms with Gasteiger partial charge in [-0.05, 0) is 38.4 Å². The summed E-state index contributed by atoms with van der Waals surface area (Å²) in [7, 11) is 0. The number of rotatable bonds is 7. The van der Waals surface area contributed by atoms with Crippen LogP contribution in [0.5, 0.6) is 0 Å². The fourth-order valence-corrected chi connectivity index (χ4v) is 4.44.